The summed E-state index contributed by atoms with van der Waals surface area (Å²) in [5, 5.41) is 0. The Balaban J connectivity index is 1.53. The van der Waals surface area contributed by atoms with Crippen LogP contribution in [0.5, 0.6) is 0 Å². The fourth-order valence-corrected chi connectivity index (χ4v) is 3.55. The van der Waals surface area contributed by atoms with Crippen LogP contribution in [-0.4, -0.2) is 21.4 Å². The van der Waals surface area contributed by atoms with Crippen molar-refractivity contribution in [2.45, 2.75) is 51.6 Å². The highest BCUT2D eigenvalue weighted by Crippen LogP contribution is 2.46. The molecule has 1 atom stereocenters. The van der Waals surface area contributed by atoms with Crippen molar-refractivity contribution < 1.29 is 4.42 Å². The summed E-state index contributed by atoms with van der Waals surface area (Å²) in [7, 11) is 0. The lowest BCUT2D eigenvalue weighted by Crippen LogP contribution is -2.36. The predicted molar refractivity (Wildman–Crippen MR) is 80.9 cm³/mol. The summed E-state index contributed by atoms with van der Waals surface area (Å²) in [5.74, 6) is 3.01. The zero-order chi connectivity index (χ0) is 14.2. The molecule has 1 aliphatic heterocycles. The minimum absolute atomic E-state index is 0.486. The number of nitrogens with one attached hydrogen (secondary N) is 1. The van der Waals surface area contributed by atoms with Crippen LogP contribution < -0.4 is 0 Å². The van der Waals surface area contributed by atoms with E-state index in [9.17, 15) is 0 Å². The molecular formula is C17H23N3O. The van der Waals surface area contributed by atoms with Crippen LogP contribution in [-0.2, 0) is 19.4 Å². The lowest BCUT2D eigenvalue weighted by molar-refractivity contribution is 0.140. The van der Waals surface area contributed by atoms with Crippen LogP contribution in [0.25, 0.3) is 0 Å². The SMILES string of the molecule is CCCc1ccc(CN2CCc3[nH]cnc3C2C2CC2)o1. The van der Waals surface area contributed by atoms with E-state index in [4.69, 9.17) is 4.42 Å². The fourth-order valence-electron chi connectivity index (χ4n) is 3.55. The summed E-state index contributed by atoms with van der Waals surface area (Å²) in [6, 6.07) is 4.77. The molecule has 2 aliphatic rings. The van der Waals surface area contributed by atoms with Crippen LogP contribution in [0, 0.1) is 5.92 Å². The second-order valence-electron chi connectivity index (χ2n) is 6.39. The van der Waals surface area contributed by atoms with Crippen molar-refractivity contribution in [1.29, 1.82) is 0 Å². The molecule has 1 fully saturated rings. The summed E-state index contributed by atoms with van der Waals surface area (Å²) < 4.78 is 5.97. The molecule has 0 spiro atoms. The topological polar surface area (TPSA) is 45.1 Å². The molecule has 2 aromatic heterocycles. The Labute approximate surface area is 125 Å². The highest BCUT2D eigenvalue weighted by molar-refractivity contribution is 5.22. The van der Waals surface area contributed by atoms with Crippen LogP contribution in [0.1, 0.15) is 55.1 Å². The Kier molecular flexibility index (Phi) is 3.34. The Morgan fingerprint density at radius 1 is 1.33 bits per heavy atom. The van der Waals surface area contributed by atoms with E-state index in [1.807, 2.05) is 6.33 Å². The summed E-state index contributed by atoms with van der Waals surface area (Å²) >= 11 is 0. The first-order valence-electron chi connectivity index (χ1n) is 8.19. The number of aromatic nitrogens is 2. The summed E-state index contributed by atoms with van der Waals surface area (Å²) in [6.07, 6.45) is 7.78. The number of H-pyrrole nitrogens is 1. The highest BCUT2D eigenvalue weighted by atomic mass is 16.3. The van der Waals surface area contributed by atoms with Gasteiger partial charge >= 0.3 is 0 Å². The largest absolute Gasteiger partial charge is 0.465 e. The van der Waals surface area contributed by atoms with Crippen LogP contribution in [0.2, 0.25) is 0 Å². The fraction of sp³-hybridized carbons (Fsp3) is 0.588. The van der Waals surface area contributed by atoms with Gasteiger partial charge in [0.2, 0.25) is 0 Å². The normalized spacial score (nSPS) is 22.4. The van der Waals surface area contributed by atoms with E-state index >= 15 is 0 Å². The van der Waals surface area contributed by atoms with Crippen LogP contribution in [0.3, 0.4) is 0 Å². The van der Waals surface area contributed by atoms with Crippen molar-refractivity contribution in [3.05, 3.63) is 41.4 Å². The van der Waals surface area contributed by atoms with E-state index in [2.05, 4.69) is 33.9 Å². The first-order chi connectivity index (χ1) is 10.3. The van der Waals surface area contributed by atoms with Crippen LogP contribution in [0.4, 0.5) is 0 Å². The lowest BCUT2D eigenvalue weighted by Gasteiger charge is -2.34. The molecule has 0 saturated heterocycles. The van der Waals surface area contributed by atoms with E-state index in [1.54, 1.807) is 0 Å². The molecule has 0 radical (unpaired) electrons. The zero-order valence-electron chi connectivity index (χ0n) is 12.6. The number of nitrogens with zero attached hydrogens (tertiary/aromatic N) is 2. The van der Waals surface area contributed by atoms with E-state index in [0.717, 1.165) is 49.8 Å². The lowest BCUT2D eigenvalue weighted by atomic mass is 9.98. The van der Waals surface area contributed by atoms with E-state index in [-0.39, 0.29) is 0 Å². The van der Waals surface area contributed by atoms with Gasteiger partial charge in [-0.2, -0.15) is 0 Å². The zero-order valence-corrected chi connectivity index (χ0v) is 12.6. The second kappa shape index (κ2) is 5.34. The number of aryl methyl sites for hydroxylation is 1. The molecule has 0 bridgehead atoms. The Morgan fingerprint density at radius 3 is 3.00 bits per heavy atom. The van der Waals surface area contributed by atoms with Crippen LogP contribution >= 0.6 is 0 Å². The van der Waals surface area contributed by atoms with Gasteiger partial charge in [-0.05, 0) is 37.3 Å². The average Bonchev–Trinajstić information content (AvgIpc) is 3.03. The van der Waals surface area contributed by atoms with Crippen molar-refractivity contribution in [3.8, 4) is 0 Å². The molecule has 1 N–H and O–H groups in total. The molecule has 0 amide bonds. The monoisotopic (exact) mass is 285 g/mol. The number of aromatic amines is 1. The minimum atomic E-state index is 0.486. The van der Waals surface area contributed by atoms with E-state index in [1.165, 1.54) is 24.2 Å². The summed E-state index contributed by atoms with van der Waals surface area (Å²) in [5.41, 5.74) is 2.62. The maximum atomic E-state index is 5.97. The first-order valence-corrected chi connectivity index (χ1v) is 8.19. The molecular weight excluding hydrogens is 262 g/mol. The van der Waals surface area contributed by atoms with Gasteiger partial charge in [-0.1, -0.05) is 6.92 Å². The van der Waals surface area contributed by atoms with Gasteiger partial charge < -0.3 is 9.40 Å². The molecule has 4 nitrogen and oxygen atoms in total. The van der Waals surface area contributed by atoms with Gasteiger partial charge in [-0.3, -0.25) is 4.90 Å². The molecule has 2 aromatic rings. The van der Waals surface area contributed by atoms with E-state index in [0.29, 0.717) is 6.04 Å². The van der Waals surface area contributed by atoms with Gasteiger partial charge in [-0.25, -0.2) is 4.98 Å². The Bertz CT molecular complexity index is 611. The molecule has 4 rings (SSSR count). The number of hydrogen-bond acceptors (Lipinski definition) is 3. The molecule has 1 saturated carbocycles. The third-order valence-corrected chi connectivity index (χ3v) is 4.72. The maximum absolute atomic E-state index is 5.97. The average molecular weight is 285 g/mol. The molecule has 4 heteroatoms. The number of fused-ring (bicyclic) bond motifs is 1. The van der Waals surface area contributed by atoms with Gasteiger partial charge in [0, 0.05) is 25.1 Å². The molecule has 1 aliphatic carbocycles. The Hall–Kier alpha value is -1.55. The number of imidazole rings is 1. The first kappa shape index (κ1) is 13.1. The predicted octanol–water partition coefficient (Wildman–Crippen LogP) is 3.46. The maximum Gasteiger partial charge on any atom is 0.118 e. The molecule has 112 valence electrons. The number of furan rings is 1. The molecule has 3 heterocycles. The van der Waals surface area contributed by atoms with Gasteiger partial charge in [-0.15, -0.1) is 0 Å². The quantitative estimate of drug-likeness (QED) is 0.915. The molecule has 1 unspecified atom stereocenters. The van der Waals surface area contributed by atoms with Gasteiger partial charge in [0.25, 0.3) is 0 Å². The second-order valence-corrected chi connectivity index (χ2v) is 6.39. The van der Waals surface area contributed by atoms with Crippen LogP contribution in [0.15, 0.2) is 22.9 Å². The van der Waals surface area contributed by atoms with Gasteiger partial charge in [0.05, 0.1) is 24.6 Å². The standard InChI is InChI=1S/C17H23N3O/c1-2-3-13-6-7-14(21-13)10-20-9-8-15-16(19-11-18-15)17(20)12-4-5-12/h6-7,11-12,17H,2-5,8-10H2,1H3,(H,18,19). The summed E-state index contributed by atoms with van der Waals surface area (Å²) in [4.78, 5) is 10.5. The molecule has 21 heavy (non-hydrogen) atoms. The van der Waals surface area contributed by atoms with Crippen molar-refractivity contribution in [2.75, 3.05) is 6.54 Å². The van der Waals surface area contributed by atoms with Gasteiger partial charge in [0.15, 0.2) is 0 Å². The highest BCUT2D eigenvalue weighted by Gasteiger charge is 2.41. The van der Waals surface area contributed by atoms with Crippen molar-refractivity contribution >= 4 is 0 Å². The smallest absolute Gasteiger partial charge is 0.118 e. The van der Waals surface area contributed by atoms with Crippen molar-refractivity contribution in [3.63, 3.8) is 0 Å². The molecule has 0 aromatic carbocycles. The van der Waals surface area contributed by atoms with E-state index < -0.39 is 0 Å². The number of hydrogen-bond donors (Lipinski definition) is 1. The van der Waals surface area contributed by atoms with Gasteiger partial charge in [0.1, 0.15) is 11.5 Å². The third-order valence-electron chi connectivity index (χ3n) is 4.72. The number of rotatable bonds is 5. The summed E-state index contributed by atoms with van der Waals surface area (Å²) in [6.45, 7) is 4.20. The Morgan fingerprint density at radius 2 is 2.19 bits per heavy atom. The third kappa shape index (κ3) is 2.53. The van der Waals surface area contributed by atoms with Crippen molar-refractivity contribution in [2.24, 2.45) is 5.92 Å². The minimum Gasteiger partial charge on any atom is -0.465 e. The van der Waals surface area contributed by atoms with Crippen molar-refractivity contribution in [1.82, 2.24) is 14.9 Å².